The van der Waals surface area contributed by atoms with E-state index in [2.05, 4.69) is 5.32 Å². The van der Waals surface area contributed by atoms with Gasteiger partial charge in [0.25, 0.3) is 5.91 Å². The lowest BCUT2D eigenvalue weighted by Crippen LogP contribution is -2.26. The van der Waals surface area contributed by atoms with Crippen LogP contribution in [0.25, 0.3) is 11.0 Å². The topological polar surface area (TPSA) is 82.3 Å². The van der Waals surface area contributed by atoms with E-state index in [1.54, 1.807) is 9.13 Å². The van der Waals surface area contributed by atoms with Crippen molar-refractivity contribution < 1.29 is 14.3 Å². The van der Waals surface area contributed by atoms with Crippen molar-refractivity contribution in [2.24, 2.45) is 0 Å². The van der Waals surface area contributed by atoms with E-state index in [1.807, 2.05) is 49.4 Å². The van der Waals surface area contributed by atoms with Gasteiger partial charge in [0, 0.05) is 18.8 Å². The monoisotopic (exact) mass is 421 g/mol. The van der Waals surface area contributed by atoms with Crippen molar-refractivity contribution in [3.8, 4) is 0 Å². The van der Waals surface area contributed by atoms with Crippen LogP contribution < -0.4 is 11.0 Å². The van der Waals surface area contributed by atoms with Gasteiger partial charge in [0.1, 0.15) is 0 Å². The largest absolute Gasteiger partial charge is 0.456 e. The standard InChI is InChI=1S/C24H27N3O4/c1-2-13-26-20-8-3-4-9-21(20)27(24(26)30)14-12-23(29)31-16-22(28)25-19-11-10-17-6-5-7-18(17)15-19/h3-4,8-11,15H,2,5-7,12-14,16H2,1H3,(H,25,28). The second-order valence-corrected chi connectivity index (χ2v) is 7.87. The Morgan fingerprint density at radius 2 is 1.71 bits per heavy atom. The number of fused-ring (bicyclic) bond motifs is 2. The number of benzene rings is 2. The zero-order chi connectivity index (χ0) is 21.8. The Bertz CT molecular complexity index is 1180. The van der Waals surface area contributed by atoms with Crippen LogP contribution in [-0.4, -0.2) is 27.6 Å². The third kappa shape index (κ3) is 4.55. The number of amides is 1. The fraction of sp³-hybridized carbons (Fsp3) is 0.375. The number of imidazole rings is 1. The first-order valence-corrected chi connectivity index (χ1v) is 10.8. The van der Waals surface area contributed by atoms with Crippen molar-refractivity contribution in [1.29, 1.82) is 0 Å². The summed E-state index contributed by atoms with van der Waals surface area (Å²) < 4.78 is 8.44. The molecule has 1 amide bonds. The molecule has 7 nitrogen and oxygen atoms in total. The number of esters is 1. The Balaban J connectivity index is 1.32. The summed E-state index contributed by atoms with van der Waals surface area (Å²) in [4.78, 5) is 37.1. The summed E-state index contributed by atoms with van der Waals surface area (Å²) in [7, 11) is 0. The molecular weight excluding hydrogens is 394 g/mol. The predicted molar refractivity (Wildman–Crippen MR) is 119 cm³/mol. The van der Waals surface area contributed by atoms with Gasteiger partial charge in [-0.05, 0) is 61.1 Å². The van der Waals surface area contributed by atoms with Gasteiger partial charge in [-0.3, -0.25) is 18.7 Å². The molecule has 3 aromatic rings. The van der Waals surface area contributed by atoms with E-state index in [1.165, 1.54) is 11.1 Å². The van der Waals surface area contributed by atoms with Crippen LogP contribution in [0.15, 0.2) is 47.3 Å². The average Bonchev–Trinajstić information content (AvgIpc) is 3.34. The minimum atomic E-state index is -0.511. The van der Waals surface area contributed by atoms with Gasteiger partial charge in [-0.25, -0.2) is 4.79 Å². The third-order valence-electron chi connectivity index (χ3n) is 5.66. The highest BCUT2D eigenvalue weighted by atomic mass is 16.5. The van der Waals surface area contributed by atoms with Crippen LogP contribution in [0.1, 0.15) is 37.3 Å². The van der Waals surface area contributed by atoms with Gasteiger partial charge in [0.15, 0.2) is 6.61 Å². The first kappa shape index (κ1) is 20.9. The van der Waals surface area contributed by atoms with Gasteiger partial charge in [0.05, 0.1) is 17.5 Å². The van der Waals surface area contributed by atoms with E-state index in [-0.39, 0.29) is 31.2 Å². The quantitative estimate of drug-likeness (QED) is 0.566. The first-order valence-electron chi connectivity index (χ1n) is 10.8. The molecule has 1 aromatic heterocycles. The van der Waals surface area contributed by atoms with E-state index in [9.17, 15) is 14.4 Å². The number of carbonyl (C=O) groups is 2. The number of anilines is 1. The second-order valence-electron chi connectivity index (χ2n) is 7.87. The van der Waals surface area contributed by atoms with E-state index < -0.39 is 5.97 Å². The fourth-order valence-corrected chi connectivity index (χ4v) is 4.20. The van der Waals surface area contributed by atoms with Gasteiger partial charge in [-0.2, -0.15) is 0 Å². The normalized spacial score (nSPS) is 12.7. The molecule has 0 radical (unpaired) electrons. The number of para-hydroxylation sites is 2. The van der Waals surface area contributed by atoms with Crippen LogP contribution in [0.3, 0.4) is 0 Å². The number of nitrogens with one attached hydrogen (secondary N) is 1. The van der Waals surface area contributed by atoms with Crippen molar-refractivity contribution >= 4 is 28.6 Å². The molecule has 4 rings (SSSR count). The zero-order valence-electron chi connectivity index (χ0n) is 17.7. The van der Waals surface area contributed by atoms with Crippen LogP contribution in [0.2, 0.25) is 0 Å². The number of hydrogen-bond acceptors (Lipinski definition) is 4. The number of carbonyl (C=O) groups excluding carboxylic acids is 2. The Labute approximate surface area is 180 Å². The van der Waals surface area contributed by atoms with E-state index in [4.69, 9.17) is 4.74 Å². The summed E-state index contributed by atoms with van der Waals surface area (Å²) in [6.45, 7) is 2.51. The Morgan fingerprint density at radius 3 is 2.45 bits per heavy atom. The lowest BCUT2D eigenvalue weighted by Gasteiger charge is -2.08. The molecule has 0 spiro atoms. The molecule has 1 aliphatic rings. The maximum Gasteiger partial charge on any atom is 0.329 e. The summed E-state index contributed by atoms with van der Waals surface area (Å²) in [6, 6.07) is 13.4. The molecule has 1 heterocycles. The molecular formula is C24H27N3O4. The number of nitrogens with zero attached hydrogens (tertiary/aromatic N) is 2. The van der Waals surface area contributed by atoms with Gasteiger partial charge >= 0.3 is 11.7 Å². The highest BCUT2D eigenvalue weighted by Gasteiger charge is 2.15. The van der Waals surface area contributed by atoms with Gasteiger partial charge in [-0.1, -0.05) is 25.1 Å². The zero-order valence-corrected chi connectivity index (χ0v) is 17.7. The minimum absolute atomic E-state index is 0.0200. The molecule has 0 aliphatic heterocycles. The average molecular weight is 421 g/mol. The number of aromatic nitrogens is 2. The minimum Gasteiger partial charge on any atom is -0.456 e. The van der Waals surface area contributed by atoms with E-state index in [0.29, 0.717) is 6.54 Å². The second kappa shape index (κ2) is 9.20. The molecule has 31 heavy (non-hydrogen) atoms. The maximum absolute atomic E-state index is 12.8. The van der Waals surface area contributed by atoms with Gasteiger partial charge in [0.2, 0.25) is 0 Å². The number of aryl methyl sites for hydroxylation is 4. The summed E-state index contributed by atoms with van der Waals surface area (Å²) in [5.74, 6) is -0.883. The molecule has 0 unspecified atom stereocenters. The summed E-state index contributed by atoms with van der Waals surface area (Å²) in [5.41, 5.74) is 4.84. The fourth-order valence-electron chi connectivity index (χ4n) is 4.20. The van der Waals surface area contributed by atoms with Gasteiger partial charge in [-0.15, -0.1) is 0 Å². The maximum atomic E-state index is 12.8. The molecule has 2 aromatic carbocycles. The predicted octanol–water partition coefficient (Wildman–Crippen LogP) is 3.27. The SMILES string of the molecule is CCCn1c(=O)n(CCC(=O)OCC(=O)Nc2ccc3c(c2)CCC3)c2ccccc21. The van der Waals surface area contributed by atoms with Crippen LogP contribution in [-0.2, 0) is 40.3 Å². The molecule has 1 N–H and O–H groups in total. The van der Waals surface area contributed by atoms with E-state index >= 15 is 0 Å². The van der Waals surface area contributed by atoms with E-state index in [0.717, 1.165) is 42.4 Å². The number of hydrogen-bond donors (Lipinski definition) is 1. The molecule has 0 bridgehead atoms. The highest BCUT2D eigenvalue weighted by Crippen LogP contribution is 2.24. The third-order valence-corrected chi connectivity index (χ3v) is 5.66. The lowest BCUT2D eigenvalue weighted by molar-refractivity contribution is -0.147. The van der Waals surface area contributed by atoms with Crippen molar-refractivity contribution in [1.82, 2.24) is 9.13 Å². The molecule has 7 heteroatoms. The molecule has 0 saturated carbocycles. The molecule has 162 valence electrons. The van der Waals surface area contributed by atoms with Crippen LogP contribution in [0.5, 0.6) is 0 Å². The Kier molecular flexibility index (Phi) is 6.21. The number of ether oxygens (including phenoxy) is 1. The summed E-state index contributed by atoms with van der Waals surface area (Å²) >= 11 is 0. The molecule has 0 atom stereocenters. The summed E-state index contributed by atoms with van der Waals surface area (Å²) in [6.07, 6.45) is 4.12. The van der Waals surface area contributed by atoms with Gasteiger partial charge < -0.3 is 10.1 Å². The molecule has 0 saturated heterocycles. The Morgan fingerprint density at radius 1 is 1.00 bits per heavy atom. The number of rotatable bonds is 8. The lowest BCUT2D eigenvalue weighted by atomic mass is 10.1. The van der Waals surface area contributed by atoms with Crippen molar-refractivity contribution in [3.05, 3.63) is 64.1 Å². The van der Waals surface area contributed by atoms with Crippen molar-refractivity contribution in [2.75, 3.05) is 11.9 Å². The molecule has 0 fully saturated rings. The van der Waals surface area contributed by atoms with Crippen molar-refractivity contribution in [2.45, 2.75) is 52.1 Å². The summed E-state index contributed by atoms with van der Waals surface area (Å²) in [5, 5.41) is 2.78. The highest BCUT2D eigenvalue weighted by molar-refractivity contribution is 5.93. The van der Waals surface area contributed by atoms with Crippen molar-refractivity contribution in [3.63, 3.8) is 0 Å². The molecule has 1 aliphatic carbocycles. The van der Waals surface area contributed by atoms with Crippen LogP contribution in [0, 0.1) is 0 Å². The Hall–Kier alpha value is -3.35. The van der Waals surface area contributed by atoms with Crippen LogP contribution in [0.4, 0.5) is 5.69 Å². The van der Waals surface area contributed by atoms with Crippen LogP contribution >= 0.6 is 0 Å². The first-order chi connectivity index (χ1) is 15.1. The smallest absolute Gasteiger partial charge is 0.329 e.